The molecule has 2 amide bonds. The van der Waals surface area contributed by atoms with Gasteiger partial charge < -0.3 is 25.5 Å². The van der Waals surface area contributed by atoms with Crippen LogP contribution in [-0.4, -0.2) is 59.3 Å². The van der Waals surface area contributed by atoms with Gasteiger partial charge in [0.05, 0.1) is 18.1 Å². The molecule has 0 radical (unpaired) electrons. The van der Waals surface area contributed by atoms with Crippen LogP contribution in [0.2, 0.25) is 0 Å². The van der Waals surface area contributed by atoms with E-state index in [1.165, 1.54) is 22.2 Å². The second-order valence-electron chi connectivity index (χ2n) is 11.3. The van der Waals surface area contributed by atoms with Gasteiger partial charge in [-0.1, -0.05) is 48.5 Å². The van der Waals surface area contributed by atoms with Crippen LogP contribution in [0.4, 0.5) is 4.79 Å². The van der Waals surface area contributed by atoms with E-state index in [4.69, 9.17) is 4.74 Å². The average molecular weight is 531 g/mol. The Bertz CT molecular complexity index is 1310. The number of ether oxygens (including phenoxy) is 1. The normalized spacial score (nSPS) is 26.2. The molecule has 39 heavy (non-hydrogen) atoms. The Balaban J connectivity index is 1.03. The van der Waals surface area contributed by atoms with Crippen molar-refractivity contribution in [1.29, 1.82) is 0 Å². The molecule has 8 heteroatoms. The highest BCUT2D eigenvalue weighted by Gasteiger charge is 2.49. The van der Waals surface area contributed by atoms with Gasteiger partial charge in [0.1, 0.15) is 6.61 Å². The lowest BCUT2D eigenvalue weighted by molar-refractivity contribution is -0.139. The second kappa shape index (κ2) is 11.4. The minimum absolute atomic E-state index is 0.0648. The van der Waals surface area contributed by atoms with Crippen molar-refractivity contribution in [2.24, 2.45) is 17.8 Å². The Labute approximate surface area is 229 Å². The summed E-state index contributed by atoms with van der Waals surface area (Å²) in [7, 11) is 0. The molecule has 2 fully saturated rings. The van der Waals surface area contributed by atoms with E-state index in [-0.39, 0.29) is 24.5 Å². The first kappa shape index (κ1) is 25.9. The number of H-pyrrole nitrogens is 1. The molecule has 1 saturated heterocycles. The van der Waals surface area contributed by atoms with Crippen molar-refractivity contribution in [2.45, 2.75) is 50.9 Å². The molecule has 0 spiro atoms. The van der Waals surface area contributed by atoms with Gasteiger partial charge in [-0.3, -0.25) is 9.69 Å². The zero-order valence-electron chi connectivity index (χ0n) is 22.3. The van der Waals surface area contributed by atoms with Crippen LogP contribution in [0, 0.1) is 17.8 Å². The van der Waals surface area contributed by atoms with E-state index in [0.29, 0.717) is 31.8 Å². The molecule has 6 rings (SSSR count). The molecule has 206 valence electrons. The molecule has 2 aliphatic heterocycles. The molecule has 3 aromatic rings. The lowest BCUT2D eigenvalue weighted by Crippen LogP contribution is -2.55. The lowest BCUT2D eigenvalue weighted by atomic mass is 9.64. The Morgan fingerprint density at radius 1 is 1.03 bits per heavy atom. The molecule has 0 unspecified atom stereocenters. The predicted molar refractivity (Wildman–Crippen MR) is 149 cm³/mol. The van der Waals surface area contributed by atoms with E-state index in [9.17, 15) is 14.7 Å². The Morgan fingerprint density at radius 3 is 2.69 bits per heavy atom. The van der Waals surface area contributed by atoms with E-state index in [2.05, 4.69) is 44.8 Å². The highest BCUT2D eigenvalue weighted by molar-refractivity contribution is 5.85. The summed E-state index contributed by atoms with van der Waals surface area (Å²) in [5.41, 5.74) is 4.83. The summed E-state index contributed by atoms with van der Waals surface area (Å²) < 4.78 is 5.23. The van der Waals surface area contributed by atoms with Crippen molar-refractivity contribution in [1.82, 2.24) is 20.5 Å². The predicted octanol–water partition coefficient (Wildman–Crippen LogP) is 3.91. The van der Waals surface area contributed by atoms with Gasteiger partial charge in [-0.05, 0) is 61.1 Å². The first-order chi connectivity index (χ1) is 19.1. The van der Waals surface area contributed by atoms with Crippen molar-refractivity contribution in [2.75, 3.05) is 26.2 Å². The fourth-order valence-corrected chi connectivity index (χ4v) is 7.09. The molecule has 1 saturated carbocycles. The number of aromatic nitrogens is 1. The number of aliphatic hydroxyl groups is 1. The number of hydrogen-bond donors (Lipinski definition) is 4. The zero-order valence-corrected chi connectivity index (χ0v) is 22.3. The van der Waals surface area contributed by atoms with Crippen LogP contribution in [0.5, 0.6) is 0 Å². The van der Waals surface area contributed by atoms with Gasteiger partial charge in [-0.2, -0.15) is 0 Å². The third kappa shape index (κ3) is 5.40. The summed E-state index contributed by atoms with van der Waals surface area (Å²) in [5, 5.41) is 18.1. The topological polar surface area (TPSA) is 107 Å². The SMILES string of the molecule is O=C(NCCCNC(=O)[C@@H]1[C@H]2C[C@H]3c4[nH]c5ccccc5c4CCN3C[C@@H]2CC[C@@H]1O)OCc1ccccc1. The summed E-state index contributed by atoms with van der Waals surface area (Å²) in [6.07, 6.45) is 3.08. The van der Waals surface area contributed by atoms with Crippen molar-refractivity contribution in [3.05, 3.63) is 71.4 Å². The quantitative estimate of drug-likeness (QED) is 0.347. The largest absolute Gasteiger partial charge is 0.445 e. The molecule has 3 aliphatic rings. The fourth-order valence-electron chi connectivity index (χ4n) is 7.09. The number of benzene rings is 2. The number of piperidine rings is 1. The Kier molecular flexibility index (Phi) is 7.57. The average Bonchev–Trinajstić information content (AvgIpc) is 3.34. The maximum Gasteiger partial charge on any atom is 0.407 e. The lowest BCUT2D eigenvalue weighted by Gasteiger charge is -2.51. The first-order valence-electron chi connectivity index (χ1n) is 14.3. The highest BCUT2D eigenvalue weighted by Crippen LogP contribution is 2.49. The highest BCUT2D eigenvalue weighted by atomic mass is 16.5. The summed E-state index contributed by atoms with van der Waals surface area (Å²) >= 11 is 0. The van der Waals surface area contributed by atoms with Crippen LogP contribution in [0.25, 0.3) is 10.9 Å². The number of hydrogen-bond acceptors (Lipinski definition) is 5. The van der Waals surface area contributed by atoms with Crippen LogP contribution in [-0.2, 0) is 22.6 Å². The molecule has 5 atom stereocenters. The molecule has 0 bridgehead atoms. The first-order valence-corrected chi connectivity index (χ1v) is 14.3. The van der Waals surface area contributed by atoms with Gasteiger partial charge in [0.15, 0.2) is 0 Å². The molecule has 4 N–H and O–H groups in total. The molecular formula is C31H38N4O4. The van der Waals surface area contributed by atoms with Gasteiger partial charge in [-0.25, -0.2) is 4.79 Å². The number of fused-ring (bicyclic) bond motifs is 6. The molecule has 1 aliphatic carbocycles. The summed E-state index contributed by atoms with van der Waals surface area (Å²) in [4.78, 5) is 31.6. The van der Waals surface area contributed by atoms with Crippen LogP contribution < -0.4 is 10.6 Å². The standard InChI is InChI=1S/C31H38N4O4/c36-27-12-11-21-18-35-16-13-23-22-9-4-5-10-25(22)34-29(23)26(35)17-24(21)28(27)30(37)32-14-6-15-33-31(38)39-19-20-7-2-1-3-8-20/h1-5,7-10,21,24,26-28,34,36H,6,11-19H2,(H,32,37)(H,33,38)/t21-,24-,26-,27-,28+/m0/s1. The third-order valence-electron chi connectivity index (χ3n) is 8.99. The minimum atomic E-state index is -0.616. The van der Waals surface area contributed by atoms with Gasteiger partial charge in [0.25, 0.3) is 0 Å². The number of aromatic amines is 1. The summed E-state index contributed by atoms with van der Waals surface area (Å²) in [5.74, 6) is 0.111. The zero-order chi connectivity index (χ0) is 26.8. The monoisotopic (exact) mass is 530 g/mol. The van der Waals surface area contributed by atoms with Gasteiger partial charge in [0.2, 0.25) is 5.91 Å². The van der Waals surface area contributed by atoms with Crippen molar-refractivity contribution in [3.8, 4) is 0 Å². The van der Waals surface area contributed by atoms with Gasteiger partial charge >= 0.3 is 6.09 Å². The number of rotatable bonds is 7. The number of nitrogens with one attached hydrogen (secondary N) is 3. The van der Waals surface area contributed by atoms with E-state index in [1.54, 1.807) is 0 Å². The number of alkyl carbamates (subject to hydrolysis) is 1. The summed E-state index contributed by atoms with van der Waals surface area (Å²) in [6, 6.07) is 18.3. The van der Waals surface area contributed by atoms with Gasteiger partial charge in [-0.15, -0.1) is 0 Å². The van der Waals surface area contributed by atoms with E-state index >= 15 is 0 Å². The van der Waals surface area contributed by atoms with Crippen LogP contribution in [0.15, 0.2) is 54.6 Å². The Hall–Kier alpha value is -3.36. The number of aliphatic hydroxyl groups excluding tert-OH is 1. The van der Waals surface area contributed by atoms with Crippen molar-refractivity contribution >= 4 is 22.9 Å². The second-order valence-corrected chi connectivity index (χ2v) is 11.3. The molecular weight excluding hydrogens is 492 g/mol. The maximum absolute atomic E-state index is 13.4. The van der Waals surface area contributed by atoms with Crippen LogP contribution >= 0.6 is 0 Å². The molecule has 1 aromatic heterocycles. The third-order valence-corrected chi connectivity index (χ3v) is 8.99. The molecule has 8 nitrogen and oxygen atoms in total. The van der Waals surface area contributed by atoms with Crippen LogP contribution in [0.1, 0.15) is 48.5 Å². The van der Waals surface area contributed by atoms with Crippen LogP contribution in [0.3, 0.4) is 0 Å². The van der Waals surface area contributed by atoms with E-state index in [1.807, 2.05) is 30.3 Å². The van der Waals surface area contributed by atoms with E-state index < -0.39 is 18.1 Å². The molecule has 2 aromatic carbocycles. The number of carbonyl (C=O) groups excluding carboxylic acids is 2. The number of amides is 2. The fraction of sp³-hybridized carbons (Fsp3) is 0.484. The minimum Gasteiger partial charge on any atom is -0.445 e. The summed E-state index contributed by atoms with van der Waals surface area (Å²) in [6.45, 7) is 3.11. The number of para-hydroxylation sites is 1. The smallest absolute Gasteiger partial charge is 0.407 e. The van der Waals surface area contributed by atoms with Crippen molar-refractivity contribution in [3.63, 3.8) is 0 Å². The molecule has 3 heterocycles. The number of carbonyl (C=O) groups is 2. The van der Waals surface area contributed by atoms with Gasteiger partial charge in [0, 0.05) is 42.8 Å². The maximum atomic E-state index is 13.4. The van der Waals surface area contributed by atoms with Crippen molar-refractivity contribution < 1.29 is 19.4 Å². The Morgan fingerprint density at radius 2 is 1.82 bits per heavy atom. The van der Waals surface area contributed by atoms with E-state index in [0.717, 1.165) is 37.9 Å². The number of nitrogens with zero attached hydrogens (tertiary/aromatic N) is 1.